The monoisotopic (exact) mass is 231 g/mol. The lowest BCUT2D eigenvalue weighted by Gasteiger charge is -2.32. The number of dihydropyridines is 1. The molecular formula is C10H14ClNO3. The minimum absolute atomic E-state index is 0.159. The molecule has 2 heterocycles. The van der Waals surface area contributed by atoms with Crippen LogP contribution in [0, 0.1) is 0 Å². The van der Waals surface area contributed by atoms with Crippen LogP contribution in [0.25, 0.3) is 0 Å². The second-order valence-electron chi connectivity index (χ2n) is 3.70. The first-order valence-electron chi connectivity index (χ1n) is 4.83. The fraction of sp³-hybridized carbons (Fsp3) is 0.600. The molecule has 0 aromatic heterocycles. The number of hydrogen-bond donors (Lipinski definition) is 2. The summed E-state index contributed by atoms with van der Waals surface area (Å²) < 4.78 is 10.8. The van der Waals surface area contributed by atoms with E-state index in [0.29, 0.717) is 13.2 Å². The van der Waals surface area contributed by atoms with Gasteiger partial charge in [0.15, 0.2) is 0 Å². The highest BCUT2D eigenvalue weighted by Crippen LogP contribution is 2.31. The molecule has 2 rings (SSSR count). The number of alkyl halides is 1. The molecule has 2 N–H and O–H groups in total. The summed E-state index contributed by atoms with van der Waals surface area (Å²) in [4.78, 5) is 0. The van der Waals surface area contributed by atoms with E-state index in [-0.39, 0.29) is 5.76 Å². The molecule has 0 saturated carbocycles. The highest BCUT2D eigenvalue weighted by molar-refractivity contribution is 6.21. The number of allylic oxidation sites excluding steroid dienone is 1. The van der Waals surface area contributed by atoms with Crippen LogP contribution in [0.1, 0.15) is 6.42 Å². The van der Waals surface area contributed by atoms with E-state index in [1.165, 1.54) is 6.08 Å². The van der Waals surface area contributed by atoms with E-state index in [4.69, 9.17) is 21.1 Å². The molecule has 0 spiro atoms. The summed E-state index contributed by atoms with van der Waals surface area (Å²) in [5, 5.41) is 12.5. The lowest BCUT2D eigenvalue weighted by molar-refractivity contribution is 0.00696. The fourth-order valence-corrected chi connectivity index (χ4v) is 2.12. The quantitative estimate of drug-likeness (QED) is 0.556. The maximum absolute atomic E-state index is 9.48. The van der Waals surface area contributed by atoms with Gasteiger partial charge in [-0.1, -0.05) is 11.6 Å². The van der Waals surface area contributed by atoms with Gasteiger partial charge in [-0.05, 0) is 6.08 Å². The summed E-state index contributed by atoms with van der Waals surface area (Å²) in [7, 11) is 1.63. The highest BCUT2D eigenvalue weighted by atomic mass is 35.5. The van der Waals surface area contributed by atoms with Crippen molar-refractivity contribution in [3.05, 3.63) is 23.6 Å². The molecule has 84 valence electrons. The largest absolute Gasteiger partial charge is 0.508 e. The molecule has 0 aliphatic carbocycles. The van der Waals surface area contributed by atoms with Crippen LogP contribution in [0.15, 0.2) is 23.6 Å². The second kappa shape index (κ2) is 4.04. The Morgan fingerprint density at radius 3 is 3.07 bits per heavy atom. The third kappa shape index (κ3) is 1.97. The summed E-state index contributed by atoms with van der Waals surface area (Å²) in [6, 6.07) is 0. The zero-order chi connectivity index (χ0) is 10.9. The Bertz CT molecular complexity index is 308. The van der Waals surface area contributed by atoms with Crippen LogP contribution in [-0.2, 0) is 9.47 Å². The molecule has 5 heteroatoms. The molecule has 15 heavy (non-hydrogen) atoms. The number of aliphatic hydroxyl groups is 1. The molecule has 0 aromatic carbocycles. The van der Waals surface area contributed by atoms with Gasteiger partial charge < -0.3 is 19.9 Å². The molecule has 2 aliphatic rings. The van der Waals surface area contributed by atoms with Gasteiger partial charge in [0.25, 0.3) is 0 Å². The first-order chi connectivity index (χ1) is 7.16. The SMILES string of the molecule is CO[C@@]1(C2=CC(O)=CC(Cl)N2)CCOC1. The number of aliphatic hydroxyl groups excluding tert-OH is 1. The van der Waals surface area contributed by atoms with E-state index >= 15 is 0 Å². The topological polar surface area (TPSA) is 50.7 Å². The molecule has 0 bridgehead atoms. The Labute approximate surface area is 93.5 Å². The van der Waals surface area contributed by atoms with Crippen molar-refractivity contribution in [3.8, 4) is 0 Å². The molecule has 0 radical (unpaired) electrons. The van der Waals surface area contributed by atoms with E-state index in [1.54, 1.807) is 13.2 Å². The number of rotatable bonds is 2. The molecular weight excluding hydrogens is 218 g/mol. The van der Waals surface area contributed by atoms with E-state index in [1.807, 2.05) is 0 Å². The van der Waals surface area contributed by atoms with E-state index in [0.717, 1.165) is 12.1 Å². The summed E-state index contributed by atoms with van der Waals surface area (Å²) in [5.41, 5.74) is -0.116. The number of nitrogens with one attached hydrogen (secondary N) is 1. The molecule has 1 unspecified atom stereocenters. The van der Waals surface area contributed by atoms with Crippen LogP contribution in [0.4, 0.5) is 0 Å². The molecule has 0 amide bonds. The molecule has 1 fully saturated rings. The van der Waals surface area contributed by atoms with Crippen LogP contribution in [0.3, 0.4) is 0 Å². The zero-order valence-corrected chi connectivity index (χ0v) is 9.25. The van der Waals surface area contributed by atoms with Gasteiger partial charge in [0, 0.05) is 26.2 Å². The fourth-order valence-electron chi connectivity index (χ4n) is 1.87. The normalized spacial score (nSPS) is 35.7. The summed E-state index contributed by atoms with van der Waals surface area (Å²) >= 11 is 5.92. The highest BCUT2D eigenvalue weighted by Gasteiger charge is 2.40. The van der Waals surface area contributed by atoms with Crippen LogP contribution in [0.2, 0.25) is 0 Å². The van der Waals surface area contributed by atoms with Gasteiger partial charge in [0.05, 0.1) is 12.3 Å². The van der Waals surface area contributed by atoms with Crippen molar-refractivity contribution in [1.29, 1.82) is 0 Å². The minimum Gasteiger partial charge on any atom is -0.508 e. The van der Waals surface area contributed by atoms with E-state index in [9.17, 15) is 5.11 Å². The van der Waals surface area contributed by atoms with Crippen molar-refractivity contribution in [2.75, 3.05) is 20.3 Å². The third-order valence-corrected chi connectivity index (χ3v) is 3.00. The zero-order valence-electron chi connectivity index (χ0n) is 8.50. The average Bonchev–Trinajstić information content (AvgIpc) is 2.65. The molecule has 1 saturated heterocycles. The average molecular weight is 232 g/mol. The maximum atomic E-state index is 9.48. The molecule has 2 atom stereocenters. The van der Waals surface area contributed by atoms with Gasteiger partial charge in [0.1, 0.15) is 16.9 Å². The number of halogens is 1. The summed E-state index contributed by atoms with van der Waals surface area (Å²) in [5.74, 6) is 0.159. The summed E-state index contributed by atoms with van der Waals surface area (Å²) in [6.07, 6.45) is 3.93. The van der Waals surface area contributed by atoms with Crippen LogP contribution in [0.5, 0.6) is 0 Å². The first-order valence-corrected chi connectivity index (χ1v) is 5.26. The Kier molecular flexibility index (Phi) is 2.91. The van der Waals surface area contributed by atoms with Crippen molar-refractivity contribution < 1.29 is 14.6 Å². The van der Waals surface area contributed by atoms with Crippen molar-refractivity contribution >= 4 is 11.6 Å². The number of ether oxygens (including phenoxy) is 2. The van der Waals surface area contributed by atoms with Crippen molar-refractivity contribution in [2.45, 2.75) is 17.5 Å². The Morgan fingerprint density at radius 2 is 2.53 bits per heavy atom. The molecule has 0 aromatic rings. The van der Waals surface area contributed by atoms with E-state index in [2.05, 4.69) is 5.32 Å². The number of hydrogen-bond acceptors (Lipinski definition) is 4. The lowest BCUT2D eigenvalue weighted by Crippen LogP contribution is -2.43. The van der Waals surface area contributed by atoms with Crippen LogP contribution >= 0.6 is 11.6 Å². The van der Waals surface area contributed by atoms with Crippen molar-refractivity contribution in [2.24, 2.45) is 0 Å². The Hall–Kier alpha value is -0.710. The molecule has 2 aliphatic heterocycles. The van der Waals surface area contributed by atoms with Gasteiger partial charge in [-0.25, -0.2) is 0 Å². The van der Waals surface area contributed by atoms with Gasteiger partial charge >= 0.3 is 0 Å². The smallest absolute Gasteiger partial charge is 0.133 e. The van der Waals surface area contributed by atoms with Gasteiger partial charge in [-0.3, -0.25) is 0 Å². The van der Waals surface area contributed by atoms with Gasteiger partial charge in [0.2, 0.25) is 0 Å². The standard InChI is InChI=1S/C10H14ClNO3/c1-14-10(2-3-15-6-10)8-4-7(13)5-9(11)12-8/h4-5,9,12-13H,2-3,6H2,1H3/t9?,10-/m0/s1. The van der Waals surface area contributed by atoms with E-state index < -0.39 is 11.1 Å². The summed E-state index contributed by atoms with van der Waals surface area (Å²) in [6.45, 7) is 1.14. The Morgan fingerprint density at radius 1 is 1.73 bits per heavy atom. The maximum Gasteiger partial charge on any atom is 0.133 e. The van der Waals surface area contributed by atoms with Crippen LogP contribution < -0.4 is 5.32 Å². The first kappa shape index (κ1) is 10.8. The Balaban J connectivity index is 2.25. The number of methoxy groups -OCH3 is 1. The van der Waals surface area contributed by atoms with Crippen molar-refractivity contribution in [1.82, 2.24) is 5.32 Å². The minimum atomic E-state index is -0.491. The second-order valence-corrected chi connectivity index (χ2v) is 4.17. The van der Waals surface area contributed by atoms with Gasteiger partial charge in [-0.2, -0.15) is 0 Å². The lowest BCUT2D eigenvalue weighted by atomic mass is 9.96. The molecule has 4 nitrogen and oxygen atoms in total. The van der Waals surface area contributed by atoms with Crippen LogP contribution in [-0.4, -0.2) is 36.5 Å². The van der Waals surface area contributed by atoms with Gasteiger partial charge in [-0.15, -0.1) is 0 Å². The predicted molar refractivity (Wildman–Crippen MR) is 56.7 cm³/mol. The van der Waals surface area contributed by atoms with Crippen molar-refractivity contribution in [3.63, 3.8) is 0 Å². The third-order valence-electron chi connectivity index (χ3n) is 2.77. The predicted octanol–water partition coefficient (Wildman–Crippen LogP) is 1.29.